The highest BCUT2D eigenvalue weighted by molar-refractivity contribution is 7.89. The van der Waals surface area contributed by atoms with E-state index in [9.17, 15) is 13.2 Å². The summed E-state index contributed by atoms with van der Waals surface area (Å²) in [6.45, 7) is 3.66. The summed E-state index contributed by atoms with van der Waals surface area (Å²) in [5.41, 5.74) is 3.80. The Morgan fingerprint density at radius 2 is 1.86 bits per heavy atom. The average molecular weight is 524 g/mol. The van der Waals surface area contributed by atoms with Gasteiger partial charge in [-0.15, -0.1) is 0 Å². The summed E-state index contributed by atoms with van der Waals surface area (Å²) >= 11 is 0. The zero-order valence-corrected chi connectivity index (χ0v) is 22.2. The van der Waals surface area contributed by atoms with Crippen LogP contribution in [-0.4, -0.2) is 61.8 Å². The molecule has 0 spiro atoms. The van der Waals surface area contributed by atoms with E-state index >= 15 is 0 Å². The van der Waals surface area contributed by atoms with Crippen LogP contribution in [0.5, 0.6) is 5.75 Å². The van der Waals surface area contributed by atoms with Gasteiger partial charge >= 0.3 is 0 Å². The third-order valence-corrected chi connectivity index (χ3v) is 8.99. The predicted octanol–water partition coefficient (Wildman–Crippen LogP) is 3.21. The summed E-state index contributed by atoms with van der Waals surface area (Å²) in [6, 6.07) is 16.5. The number of carbonyl (C=O) groups is 1. The Morgan fingerprint density at radius 1 is 1.14 bits per heavy atom. The molecule has 6 rings (SSSR count). The fourth-order valence-electron chi connectivity index (χ4n) is 5.63. The van der Waals surface area contributed by atoms with Crippen molar-refractivity contribution in [3.05, 3.63) is 60.3 Å². The minimum Gasteiger partial charge on any atom is -0.497 e. The Labute approximate surface area is 217 Å². The van der Waals surface area contributed by atoms with E-state index in [-0.39, 0.29) is 16.8 Å². The van der Waals surface area contributed by atoms with E-state index in [0.717, 1.165) is 42.9 Å². The number of rotatable bonds is 8. The third-order valence-electron chi connectivity index (χ3n) is 7.55. The fourth-order valence-corrected chi connectivity index (χ4v) is 6.70. The molecule has 3 aromatic rings. The van der Waals surface area contributed by atoms with Gasteiger partial charge in [-0.2, -0.15) is 5.10 Å². The molecule has 3 aliphatic rings. The van der Waals surface area contributed by atoms with E-state index in [0.29, 0.717) is 24.1 Å². The molecule has 10 heteroatoms. The highest BCUT2D eigenvalue weighted by Crippen LogP contribution is 2.42. The van der Waals surface area contributed by atoms with E-state index in [4.69, 9.17) is 9.84 Å². The van der Waals surface area contributed by atoms with Gasteiger partial charge < -0.3 is 10.1 Å². The largest absolute Gasteiger partial charge is 0.497 e. The van der Waals surface area contributed by atoms with Crippen LogP contribution in [0.3, 0.4) is 0 Å². The number of fused-ring (bicyclic) bond motifs is 3. The number of amides is 1. The molecule has 2 aromatic carbocycles. The van der Waals surface area contributed by atoms with E-state index in [1.165, 1.54) is 24.8 Å². The number of benzene rings is 2. The Morgan fingerprint density at radius 3 is 2.49 bits per heavy atom. The van der Waals surface area contributed by atoms with Crippen LogP contribution < -0.4 is 14.8 Å². The number of nitrogens with zero attached hydrogens (tertiary/aromatic N) is 3. The van der Waals surface area contributed by atoms with Crippen molar-refractivity contribution in [1.29, 1.82) is 0 Å². The minimum atomic E-state index is -3.64. The Kier molecular flexibility index (Phi) is 7.06. The van der Waals surface area contributed by atoms with Gasteiger partial charge in [0.2, 0.25) is 15.9 Å². The standard InChI is InChI=1S/C27H33N5O4S/c1-18(33)29-21-6-10-24(11-7-21)37(34,35)28-16-22-14-20-12-13-32(22)17-25(20)27-15-26(30-31(27)2)19-4-8-23(36-3)9-5-19/h4-11,15,20,22,25,28H,12-14,16-17H2,1-3H3,(H,29,33)/t20-,22-,25+/m1/s1. The maximum absolute atomic E-state index is 12.9. The van der Waals surface area contributed by atoms with E-state index in [2.05, 4.69) is 21.0 Å². The van der Waals surface area contributed by atoms with Crippen LogP contribution in [0.4, 0.5) is 5.69 Å². The molecule has 37 heavy (non-hydrogen) atoms. The number of piperidine rings is 3. The second-order valence-electron chi connectivity index (χ2n) is 9.90. The van der Waals surface area contributed by atoms with Crippen LogP contribution in [0.25, 0.3) is 11.3 Å². The highest BCUT2D eigenvalue weighted by Gasteiger charge is 2.42. The molecule has 1 aromatic heterocycles. The Bertz CT molecular complexity index is 1370. The third kappa shape index (κ3) is 5.41. The topological polar surface area (TPSA) is 106 Å². The first-order valence-electron chi connectivity index (χ1n) is 12.5. The maximum Gasteiger partial charge on any atom is 0.240 e. The monoisotopic (exact) mass is 523 g/mol. The molecule has 3 saturated heterocycles. The van der Waals surface area contributed by atoms with Crippen molar-refractivity contribution < 1.29 is 17.9 Å². The first-order chi connectivity index (χ1) is 17.7. The minimum absolute atomic E-state index is 0.165. The summed E-state index contributed by atoms with van der Waals surface area (Å²) in [7, 11) is 0.0227. The van der Waals surface area contributed by atoms with Crippen molar-refractivity contribution in [3.63, 3.8) is 0 Å². The number of aromatic nitrogens is 2. The van der Waals surface area contributed by atoms with Crippen LogP contribution in [0.2, 0.25) is 0 Å². The van der Waals surface area contributed by atoms with E-state index in [1.54, 1.807) is 19.2 Å². The molecule has 2 bridgehead atoms. The van der Waals surface area contributed by atoms with Gasteiger partial charge in [-0.05, 0) is 79.9 Å². The van der Waals surface area contributed by atoms with Gasteiger partial charge in [0, 0.05) is 56.0 Å². The molecular formula is C27H33N5O4S. The summed E-state index contributed by atoms with van der Waals surface area (Å²) in [5.74, 6) is 1.47. The summed E-state index contributed by atoms with van der Waals surface area (Å²) in [4.78, 5) is 13.8. The maximum atomic E-state index is 12.9. The number of aryl methyl sites for hydroxylation is 1. The number of carbonyl (C=O) groups excluding carboxylic acids is 1. The normalized spacial score (nSPS) is 23.1. The lowest BCUT2D eigenvalue weighted by Gasteiger charge is -2.49. The van der Waals surface area contributed by atoms with E-state index < -0.39 is 10.0 Å². The van der Waals surface area contributed by atoms with Crippen LogP contribution >= 0.6 is 0 Å². The summed E-state index contributed by atoms with van der Waals surface area (Å²) < 4.78 is 35.8. The molecule has 0 saturated carbocycles. The quantitative estimate of drug-likeness (QED) is 0.470. The molecule has 2 N–H and O–H groups in total. The van der Waals surface area contributed by atoms with Crippen molar-refractivity contribution in [3.8, 4) is 17.0 Å². The van der Waals surface area contributed by atoms with Crippen molar-refractivity contribution in [2.45, 2.75) is 36.6 Å². The molecule has 0 radical (unpaired) electrons. The van der Waals surface area contributed by atoms with Gasteiger partial charge in [0.15, 0.2) is 0 Å². The number of hydrogen-bond donors (Lipinski definition) is 2. The Balaban J connectivity index is 1.23. The Hall–Kier alpha value is -3.21. The second-order valence-corrected chi connectivity index (χ2v) is 11.7. The number of sulfonamides is 1. The molecule has 3 aliphatic heterocycles. The van der Waals surface area contributed by atoms with Crippen LogP contribution in [0, 0.1) is 5.92 Å². The van der Waals surface area contributed by atoms with Crippen LogP contribution in [0.1, 0.15) is 31.4 Å². The molecule has 1 unspecified atom stereocenters. The number of methoxy groups -OCH3 is 1. The number of hydrogen-bond acceptors (Lipinski definition) is 6. The summed E-state index contributed by atoms with van der Waals surface area (Å²) in [6.07, 6.45) is 2.04. The van der Waals surface area contributed by atoms with Crippen LogP contribution in [0.15, 0.2) is 59.5 Å². The smallest absolute Gasteiger partial charge is 0.240 e. The zero-order chi connectivity index (χ0) is 26.2. The molecule has 0 aliphatic carbocycles. The highest BCUT2D eigenvalue weighted by atomic mass is 32.2. The molecule has 4 atom stereocenters. The number of ether oxygens (including phenoxy) is 1. The van der Waals surface area contributed by atoms with Gasteiger partial charge in [-0.25, -0.2) is 13.1 Å². The van der Waals surface area contributed by atoms with Gasteiger partial charge in [0.05, 0.1) is 17.7 Å². The van der Waals surface area contributed by atoms with E-state index in [1.807, 2.05) is 36.0 Å². The molecule has 4 heterocycles. The summed E-state index contributed by atoms with van der Waals surface area (Å²) in [5, 5.41) is 7.43. The lowest BCUT2D eigenvalue weighted by Crippen LogP contribution is -2.56. The molecule has 9 nitrogen and oxygen atoms in total. The number of nitrogens with one attached hydrogen (secondary N) is 2. The second kappa shape index (κ2) is 10.3. The molecule has 1 amide bonds. The van der Waals surface area contributed by atoms with Gasteiger partial charge in [-0.1, -0.05) is 0 Å². The lowest BCUT2D eigenvalue weighted by atomic mass is 9.74. The SMILES string of the molecule is COc1ccc(-c2cc([C@H]3CN4CC[C@@H]3C[C@@H]4CNS(=O)(=O)c3ccc(NC(C)=O)cc3)n(C)n2)cc1. The predicted molar refractivity (Wildman–Crippen MR) is 142 cm³/mol. The number of anilines is 1. The van der Waals surface area contributed by atoms with Crippen molar-refractivity contribution >= 4 is 21.6 Å². The van der Waals surface area contributed by atoms with Crippen molar-refractivity contribution in [2.75, 3.05) is 32.1 Å². The van der Waals surface area contributed by atoms with Gasteiger partial charge in [-0.3, -0.25) is 14.4 Å². The molecular weight excluding hydrogens is 490 g/mol. The lowest BCUT2D eigenvalue weighted by molar-refractivity contribution is -0.114. The first kappa shape index (κ1) is 25.4. The van der Waals surface area contributed by atoms with Crippen molar-refractivity contribution in [2.24, 2.45) is 13.0 Å². The van der Waals surface area contributed by atoms with Gasteiger partial charge in [0.1, 0.15) is 5.75 Å². The van der Waals surface area contributed by atoms with Crippen LogP contribution in [-0.2, 0) is 21.9 Å². The average Bonchev–Trinajstić information content (AvgIpc) is 3.29. The molecule has 196 valence electrons. The van der Waals surface area contributed by atoms with Gasteiger partial charge in [0.25, 0.3) is 0 Å². The first-order valence-corrected chi connectivity index (χ1v) is 14.0. The molecule has 3 fully saturated rings. The fraction of sp³-hybridized carbons (Fsp3) is 0.407. The zero-order valence-electron chi connectivity index (χ0n) is 21.3. The van der Waals surface area contributed by atoms with Crippen molar-refractivity contribution in [1.82, 2.24) is 19.4 Å².